The van der Waals surface area contributed by atoms with Crippen molar-refractivity contribution in [2.45, 2.75) is 32.6 Å². The molecule has 1 aromatic carbocycles. The molecule has 1 heterocycles. The molecule has 0 unspecified atom stereocenters. The molecule has 0 saturated heterocycles. The Morgan fingerprint density at radius 2 is 2.27 bits per heavy atom. The molecule has 1 aliphatic heterocycles. The number of hydrogen-bond acceptors (Lipinski definition) is 3. The average Bonchev–Trinajstić information content (AvgIpc) is 2.18. The molecule has 0 aliphatic carbocycles. The summed E-state index contributed by atoms with van der Waals surface area (Å²) in [5.74, 6) is 0.890. The molecule has 2 rings (SSSR count). The van der Waals surface area contributed by atoms with Gasteiger partial charge < -0.3 is 15.2 Å². The Morgan fingerprint density at radius 1 is 1.47 bits per heavy atom. The fourth-order valence-corrected chi connectivity index (χ4v) is 1.78. The highest BCUT2D eigenvalue weighted by Gasteiger charge is 2.17. The predicted molar refractivity (Wildman–Crippen MR) is 58.8 cm³/mol. The van der Waals surface area contributed by atoms with Gasteiger partial charge >= 0.3 is 0 Å². The van der Waals surface area contributed by atoms with Crippen LogP contribution in [0.1, 0.15) is 31.0 Å². The van der Waals surface area contributed by atoms with Gasteiger partial charge in [-0.1, -0.05) is 6.07 Å². The maximum atomic E-state index is 5.97. The molecule has 0 fully saturated rings. The number of nitrogens with two attached hydrogens (primary N) is 1. The van der Waals surface area contributed by atoms with Crippen LogP contribution in [-0.2, 0) is 11.3 Å². The molecule has 0 radical (unpaired) electrons. The molecule has 0 saturated carbocycles. The van der Waals surface area contributed by atoms with Crippen molar-refractivity contribution in [3.8, 4) is 5.75 Å². The van der Waals surface area contributed by atoms with Gasteiger partial charge in [0, 0.05) is 0 Å². The van der Waals surface area contributed by atoms with Crippen LogP contribution in [0.3, 0.4) is 0 Å². The second-order valence-corrected chi connectivity index (χ2v) is 4.15. The Bertz CT molecular complexity index is 349. The monoisotopic (exact) mass is 207 g/mol. The fourth-order valence-electron chi connectivity index (χ4n) is 1.78. The van der Waals surface area contributed by atoms with Gasteiger partial charge in [-0.05, 0) is 37.1 Å². The van der Waals surface area contributed by atoms with Crippen LogP contribution in [0.25, 0.3) is 0 Å². The summed E-state index contributed by atoms with van der Waals surface area (Å²) >= 11 is 0. The van der Waals surface area contributed by atoms with E-state index in [-0.39, 0.29) is 12.1 Å². The smallest absolute Gasteiger partial charge is 0.120 e. The zero-order valence-corrected chi connectivity index (χ0v) is 9.19. The third kappa shape index (κ3) is 2.30. The summed E-state index contributed by atoms with van der Waals surface area (Å²) < 4.78 is 11.0. The first kappa shape index (κ1) is 10.5. The molecular weight excluding hydrogens is 190 g/mol. The SMILES string of the molecule is CC(C)Oc1ccc2c(c1)[C@@H](N)COC2. The van der Waals surface area contributed by atoms with E-state index in [1.54, 1.807) is 0 Å². The Balaban J connectivity index is 2.27. The van der Waals surface area contributed by atoms with Crippen molar-refractivity contribution in [1.82, 2.24) is 0 Å². The van der Waals surface area contributed by atoms with Crippen molar-refractivity contribution in [2.24, 2.45) is 5.73 Å². The zero-order valence-electron chi connectivity index (χ0n) is 9.19. The van der Waals surface area contributed by atoms with Gasteiger partial charge in [-0.2, -0.15) is 0 Å². The number of rotatable bonds is 2. The molecule has 1 aliphatic rings. The minimum Gasteiger partial charge on any atom is -0.491 e. The maximum Gasteiger partial charge on any atom is 0.120 e. The standard InChI is InChI=1S/C12H17NO2/c1-8(2)15-10-4-3-9-6-14-7-12(13)11(9)5-10/h3-5,8,12H,6-7,13H2,1-2H3/t12-/m0/s1. The first-order valence-electron chi connectivity index (χ1n) is 5.29. The second kappa shape index (κ2) is 4.21. The summed E-state index contributed by atoms with van der Waals surface area (Å²) in [6.07, 6.45) is 0.194. The van der Waals surface area contributed by atoms with E-state index in [9.17, 15) is 0 Å². The molecule has 15 heavy (non-hydrogen) atoms. The Kier molecular flexibility index (Phi) is 2.93. The van der Waals surface area contributed by atoms with E-state index >= 15 is 0 Å². The third-order valence-corrected chi connectivity index (χ3v) is 2.44. The van der Waals surface area contributed by atoms with Crippen molar-refractivity contribution >= 4 is 0 Å². The molecule has 3 nitrogen and oxygen atoms in total. The lowest BCUT2D eigenvalue weighted by Crippen LogP contribution is -2.23. The molecule has 0 bridgehead atoms. The van der Waals surface area contributed by atoms with Gasteiger partial charge in [-0.25, -0.2) is 0 Å². The summed E-state index contributed by atoms with van der Waals surface area (Å²) in [5.41, 5.74) is 8.29. The van der Waals surface area contributed by atoms with Crippen molar-refractivity contribution < 1.29 is 9.47 Å². The number of fused-ring (bicyclic) bond motifs is 1. The van der Waals surface area contributed by atoms with Gasteiger partial charge in [0.1, 0.15) is 5.75 Å². The Labute approximate surface area is 90.2 Å². The van der Waals surface area contributed by atoms with E-state index < -0.39 is 0 Å². The molecule has 1 aromatic rings. The molecule has 0 amide bonds. The molecule has 0 spiro atoms. The van der Waals surface area contributed by atoms with Crippen molar-refractivity contribution in [3.63, 3.8) is 0 Å². The van der Waals surface area contributed by atoms with Crippen LogP contribution in [0.2, 0.25) is 0 Å². The topological polar surface area (TPSA) is 44.5 Å². The first-order chi connectivity index (χ1) is 7.16. The highest BCUT2D eigenvalue weighted by molar-refractivity contribution is 5.38. The van der Waals surface area contributed by atoms with E-state index in [0.29, 0.717) is 13.2 Å². The van der Waals surface area contributed by atoms with Crippen LogP contribution in [-0.4, -0.2) is 12.7 Å². The van der Waals surface area contributed by atoms with Crippen LogP contribution < -0.4 is 10.5 Å². The van der Waals surface area contributed by atoms with Crippen molar-refractivity contribution in [2.75, 3.05) is 6.61 Å². The van der Waals surface area contributed by atoms with Crippen LogP contribution in [0.4, 0.5) is 0 Å². The van der Waals surface area contributed by atoms with Crippen LogP contribution in [0.15, 0.2) is 18.2 Å². The minimum atomic E-state index is -0.0236. The van der Waals surface area contributed by atoms with Crippen LogP contribution in [0.5, 0.6) is 5.75 Å². The zero-order chi connectivity index (χ0) is 10.8. The number of ether oxygens (including phenoxy) is 2. The normalized spacial score (nSPS) is 20.1. The van der Waals surface area contributed by atoms with Gasteiger partial charge in [0.2, 0.25) is 0 Å². The van der Waals surface area contributed by atoms with Gasteiger partial charge in [-0.15, -0.1) is 0 Å². The highest BCUT2D eigenvalue weighted by atomic mass is 16.5. The molecule has 2 N–H and O–H groups in total. The largest absolute Gasteiger partial charge is 0.491 e. The molecule has 82 valence electrons. The van der Waals surface area contributed by atoms with Gasteiger partial charge in [0.15, 0.2) is 0 Å². The summed E-state index contributed by atoms with van der Waals surface area (Å²) in [5, 5.41) is 0. The second-order valence-electron chi connectivity index (χ2n) is 4.15. The van der Waals surface area contributed by atoms with Crippen LogP contribution >= 0.6 is 0 Å². The summed E-state index contributed by atoms with van der Waals surface area (Å²) in [6.45, 7) is 5.29. The average molecular weight is 207 g/mol. The van der Waals surface area contributed by atoms with Gasteiger partial charge in [0.05, 0.1) is 25.4 Å². The van der Waals surface area contributed by atoms with E-state index in [0.717, 1.165) is 11.3 Å². The Hall–Kier alpha value is -1.06. The minimum absolute atomic E-state index is 0.0236. The van der Waals surface area contributed by atoms with E-state index in [2.05, 4.69) is 0 Å². The molecule has 0 aromatic heterocycles. The Morgan fingerprint density at radius 3 is 3.00 bits per heavy atom. The lowest BCUT2D eigenvalue weighted by Gasteiger charge is -2.23. The fraction of sp³-hybridized carbons (Fsp3) is 0.500. The lowest BCUT2D eigenvalue weighted by molar-refractivity contribution is 0.0921. The third-order valence-electron chi connectivity index (χ3n) is 2.44. The lowest BCUT2D eigenvalue weighted by atomic mass is 9.99. The van der Waals surface area contributed by atoms with E-state index in [1.807, 2.05) is 32.0 Å². The van der Waals surface area contributed by atoms with Gasteiger partial charge in [-0.3, -0.25) is 0 Å². The maximum absolute atomic E-state index is 5.97. The summed E-state index contributed by atoms with van der Waals surface area (Å²) in [7, 11) is 0. The summed E-state index contributed by atoms with van der Waals surface area (Å²) in [6, 6.07) is 6.01. The molecular formula is C12H17NO2. The van der Waals surface area contributed by atoms with Crippen molar-refractivity contribution in [1.29, 1.82) is 0 Å². The molecule has 1 atom stereocenters. The van der Waals surface area contributed by atoms with Crippen molar-refractivity contribution in [3.05, 3.63) is 29.3 Å². The van der Waals surface area contributed by atoms with Crippen LogP contribution in [0, 0.1) is 0 Å². The van der Waals surface area contributed by atoms with E-state index in [1.165, 1.54) is 5.56 Å². The number of hydrogen-bond donors (Lipinski definition) is 1. The molecule has 3 heteroatoms. The van der Waals surface area contributed by atoms with Gasteiger partial charge in [0.25, 0.3) is 0 Å². The highest BCUT2D eigenvalue weighted by Crippen LogP contribution is 2.27. The van der Waals surface area contributed by atoms with E-state index in [4.69, 9.17) is 15.2 Å². The quantitative estimate of drug-likeness (QED) is 0.806. The number of benzene rings is 1. The predicted octanol–water partition coefficient (Wildman–Crippen LogP) is 2.00. The first-order valence-corrected chi connectivity index (χ1v) is 5.29. The summed E-state index contributed by atoms with van der Waals surface area (Å²) in [4.78, 5) is 0.